The van der Waals surface area contributed by atoms with E-state index in [2.05, 4.69) is 26.8 Å². The molecule has 0 amide bonds. The fourth-order valence-corrected chi connectivity index (χ4v) is 8.65. The molecule has 4 aliphatic rings. The lowest BCUT2D eigenvalue weighted by atomic mass is 9.47. The van der Waals surface area contributed by atoms with Crippen molar-refractivity contribution in [2.75, 3.05) is 13.7 Å². The Hall–Kier alpha value is -0.640. The summed E-state index contributed by atoms with van der Waals surface area (Å²) in [7, 11) is 1.73. The normalized spacial score (nSPS) is 43.8. The molecule has 2 N–H and O–H groups in total. The number of hydrogen-bond acceptors (Lipinski definition) is 3. The van der Waals surface area contributed by atoms with Crippen LogP contribution in [0.25, 0.3) is 0 Å². The van der Waals surface area contributed by atoms with E-state index >= 15 is 0 Å². The fourth-order valence-electron chi connectivity index (χ4n) is 8.65. The summed E-state index contributed by atoms with van der Waals surface area (Å²) in [5, 5.41) is 21.6. The van der Waals surface area contributed by atoms with Crippen molar-refractivity contribution in [2.45, 2.75) is 123 Å². The van der Waals surface area contributed by atoms with E-state index in [4.69, 9.17) is 4.74 Å². The third kappa shape index (κ3) is 4.76. The van der Waals surface area contributed by atoms with Crippen LogP contribution in [0.2, 0.25) is 0 Å². The predicted octanol–water partition coefficient (Wildman–Crippen LogP) is 6.97. The molecule has 0 bridgehead atoms. The molecule has 4 aliphatic carbocycles. The number of allylic oxidation sites excluding steroid dienone is 3. The van der Waals surface area contributed by atoms with Crippen molar-refractivity contribution < 1.29 is 14.9 Å². The summed E-state index contributed by atoms with van der Waals surface area (Å²) in [6, 6.07) is 0. The van der Waals surface area contributed by atoms with E-state index in [9.17, 15) is 10.2 Å². The highest BCUT2D eigenvalue weighted by molar-refractivity contribution is 5.32. The number of ether oxygens (including phenoxy) is 1. The number of rotatable bonds is 7. The van der Waals surface area contributed by atoms with Crippen molar-refractivity contribution in [1.29, 1.82) is 0 Å². The Morgan fingerprint density at radius 1 is 1.09 bits per heavy atom. The van der Waals surface area contributed by atoms with E-state index < -0.39 is 11.2 Å². The Morgan fingerprint density at radius 3 is 2.55 bits per heavy atom. The van der Waals surface area contributed by atoms with Crippen LogP contribution in [0, 0.1) is 28.6 Å². The number of methoxy groups -OCH3 is 1. The van der Waals surface area contributed by atoms with Gasteiger partial charge >= 0.3 is 0 Å². The van der Waals surface area contributed by atoms with Gasteiger partial charge in [0.2, 0.25) is 0 Å². The first-order chi connectivity index (χ1) is 15.4. The molecule has 0 unspecified atom stereocenters. The Labute approximate surface area is 203 Å². The summed E-state index contributed by atoms with van der Waals surface area (Å²) >= 11 is 0. The maximum absolute atomic E-state index is 10.9. The van der Waals surface area contributed by atoms with Crippen LogP contribution in [0.5, 0.6) is 0 Å². The maximum atomic E-state index is 10.9. The van der Waals surface area contributed by atoms with Crippen LogP contribution in [0.1, 0.15) is 112 Å². The highest BCUT2D eigenvalue weighted by Gasteiger charge is 2.58. The van der Waals surface area contributed by atoms with E-state index in [1.165, 1.54) is 32.1 Å². The summed E-state index contributed by atoms with van der Waals surface area (Å²) in [6.07, 6.45) is 15.6. The molecule has 0 aromatic heterocycles. The van der Waals surface area contributed by atoms with Crippen LogP contribution in [0.3, 0.4) is 0 Å². The second kappa shape index (κ2) is 9.10. The standard InChI is InChI=1S/C30H50O3/c1-21(12-15-27(2,31)14-7-19-33-6)24-10-11-25-23-9-8-22-20-28(3,32)17-18-29(22,4)26(23)13-16-30(24,25)5/h8,23,25-26,31-32H,7,9-20H2,1-6H3/b24-21+/t23-,25-,26-,27+,28-,29-,30+/m0/s1. The molecule has 0 aromatic rings. The monoisotopic (exact) mass is 458 g/mol. The largest absolute Gasteiger partial charge is 0.390 e. The second-order valence-corrected chi connectivity index (χ2v) is 13.3. The molecular weight excluding hydrogens is 408 g/mol. The van der Waals surface area contributed by atoms with E-state index in [0.29, 0.717) is 10.8 Å². The van der Waals surface area contributed by atoms with Crippen LogP contribution >= 0.6 is 0 Å². The van der Waals surface area contributed by atoms with E-state index in [1.54, 1.807) is 23.8 Å². The summed E-state index contributed by atoms with van der Waals surface area (Å²) < 4.78 is 5.17. The minimum atomic E-state index is -0.599. The molecule has 188 valence electrons. The molecule has 3 fully saturated rings. The lowest BCUT2D eigenvalue weighted by molar-refractivity contribution is -0.0506. The van der Waals surface area contributed by atoms with Crippen LogP contribution in [-0.4, -0.2) is 35.1 Å². The Bertz CT molecular complexity index is 790. The first-order valence-corrected chi connectivity index (χ1v) is 13.7. The maximum Gasteiger partial charge on any atom is 0.0657 e. The van der Waals surface area contributed by atoms with Gasteiger partial charge in [0.05, 0.1) is 11.2 Å². The van der Waals surface area contributed by atoms with Crippen molar-refractivity contribution in [2.24, 2.45) is 28.6 Å². The third-order valence-corrected chi connectivity index (χ3v) is 10.8. The topological polar surface area (TPSA) is 49.7 Å². The van der Waals surface area contributed by atoms with Gasteiger partial charge in [-0.3, -0.25) is 0 Å². The highest BCUT2D eigenvalue weighted by Crippen LogP contribution is 2.67. The number of aliphatic hydroxyl groups is 2. The summed E-state index contributed by atoms with van der Waals surface area (Å²) in [5.74, 6) is 2.37. The Balaban J connectivity index is 1.48. The van der Waals surface area contributed by atoms with Gasteiger partial charge in [-0.15, -0.1) is 0 Å². The quantitative estimate of drug-likeness (QED) is 0.320. The zero-order valence-corrected chi connectivity index (χ0v) is 22.3. The van der Waals surface area contributed by atoms with Gasteiger partial charge in [0.15, 0.2) is 0 Å². The predicted molar refractivity (Wildman–Crippen MR) is 136 cm³/mol. The molecule has 3 heteroatoms. The van der Waals surface area contributed by atoms with Crippen molar-refractivity contribution in [3.63, 3.8) is 0 Å². The average molecular weight is 459 g/mol. The van der Waals surface area contributed by atoms with Gasteiger partial charge in [0.1, 0.15) is 0 Å². The van der Waals surface area contributed by atoms with Crippen LogP contribution in [0.15, 0.2) is 22.8 Å². The van der Waals surface area contributed by atoms with Gasteiger partial charge in [-0.05, 0) is 126 Å². The lowest BCUT2D eigenvalue weighted by Gasteiger charge is -2.58. The average Bonchev–Trinajstić information content (AvgIpc) is 3.10. The smallest absolute Gasteiger partial charge is 0.0657 e. The molecule has 0 spiro atoms. The lowest BCUT2D eigenvalue weighted by Crippen LogP contribution is -2.51. The number of fused-ring (bicyclic) bond motifs is 5. The molecule has 0 heterocycles. The zero-order chi connectivity index (χ0) is 24.1. The van der Waals surface area contributed by atoms with Crippen molar-refractivity contribution in [3.8, 4) is 0 Å². The van der Waals surface area contributed by atoms with Crippen LogP contribution in [-0.2, 0) is 4.74 Å². The molecule has 3 saturated carbocycles. The molecule has 0 saturated heterocycles. The van der Waals surface area contributed by atoms with Gasteiger partial charge in [-0.1, -0.05) is 36.6 Å². The fraction of sp³-hybridized carbons (Fsp3) is 0.867. The molecule has 0 aliphatic heterocycles. The van der Waals surface area contributed by atoms with Gasteiger partial charge in [0, 0.05) is 13.7 Å². The molecule has 4 rings (SSSR count). The van der Waals surface area contributed by atoms with Crippen molar-refractivity contribution in [3.05, 3.63) is 22.8 Å². The van der Waals surface area contributed by atoms with Crippen molar-refractivity contribution >= 4 is 0 Å². The minimum absolute atomic E-state index is 0.301. The molecule has 0 aromatic carbocycles. The summed E-state index contributed by atoms with van der Waals surface area (Å²) in [6.45, 7) is 12.2. The first-order valence-electron chi connectivity index (χ1n) is 13.7. The van der Waals surface area contributed by atoms with E-state index in [0.717, 1.165) is 69.3 Å². The second-order valence-electron chi connectivity index (χ2n) is 13.3. The van der Waals surface area contributed by atoms with E-state index in [1.807, 2.05) is 13.8 Å². The third-order valence-electron chi connectivity index (χ3n) is 10.8. The molecular formula is C30H50O3. The number of hydrogen-bond donors (Lipinski definition) is 2. The van der Waals surface area contributed by atoms with Crippen LogP contribution in [0.4, 0.5) is 0 Å². The van der Waals surface area contributed by atoms with Crippen molar-refractivity contribution in [1.82, 2.24) is 0 Å². The van der Waals surface area contributed by atoms with E-state index in [-0.39, 0.29) is 0 Å². The van der Waals surface area contributed by atoms with Gasteiger partial charge < -0.3 is 14.9 Å². The molecule has 3 nitrogen and oxygen atoms in total. The van der Waals surface area contributed by atoms with Gasteiger partial charge in [-0.25, -0.2) is 0 Å². The van der Waals surface area contributed by atoms with Gasteiger partial charge in [0.25, 0.3) is 0 Å². The molecule has 0 radical (unpaired) electrons. The summed E-state index contributed by atoms with van der Waals surface area (Å²) in [4.78, 5) is 0. The summed E-state index contributed by atoms with van der Waals surface area (Å²) in [5.41, 5.74) is 4.38. The zero-order valence-electron chi connectivity index (χ0n) is 22.3. The first kappa shape index (κ1) is 25.5. The SMILES string of the molecule is COCCC[C@@](C)(O)CC/C(C)=C1\CC[C@H]2[C@@H]3CC=C4C[C@@](C)(O)CC[C@]4(C)[C@H]3CC[C@]12C. The molecule has 7 atom stereocenters. The highest BCUT2D eigenvalue weighted by atomic mass is 16.5. The molecule has 33 heavy (non-hydrogen) atoms. The Morgan fingerprint density at radius 2 is 1.82 bits per heavy atom. The Kier molecular flexibility index (Phi) is 7.02. The van der Waals surface area contributed by atoms with Crippen LogP contribution < -0.4 is 0 Å². The van der Waals surface area contributed by atoms with Gasteiger partial charge in [-0.2, -0.15) is 0 Å². The minimum Gasteiger partial charge on any atom is -0.390 e.